The molecule has 0 amide bonds. The third-order valence-corrected chi connectivity index (χ3v) is 0. The van der Waals surface area contributed by atoms with E-state index >= 15 is 0 Å². The van der Waals surface area contributed by atoms with Gasteiger partial charge in [0.25, 0.3) is 0 Å². The van der Waals surface area contributed by atoms with Crippen molar-refractivity contribution in [2.75, 3.05) is 0 Å². The monoisotopic (exact) mass is 259 g/mol. The first-order valence-corrected chi connectivity index (χ1v) is 0.428. The molecule has 0 spiro atoms. The first-order valence-electron chi connectivity index (χ1n) is 0.428. The van der Waals surface area contributed by atoms with E-state index in [9.17, 15) is 0 Å². The van der Waals surface area contributed by atoms with Crippen molar-refractivity contribution in [1.82, 2.24) is 0 Å². The van der Waals surface area contributed by atoms with Crippen LogP contribution >= 0.6 is 0 Å². The maximum Gasteiger partial charge on any atom is 1.00 e. The first kappa shape index (κ1) is 16.8. The van der Waals surface area contributed by atoms with Crippen LogP contribution in [0.2, 0.25) is 0 Å². The third kappa shape index (κ3) is 47.7. The van der Waals surface area contributed by atoms with Crippen LogP contribution in [-0.2, 0) is 49.6 Å². The smallest absolute Gasteiger partial charge is 0.665 e. The van der Waals surface area contributed by atoms with E-state index in [-0.39, 0.29) is 44.8 Å². The van der Waals surface area contributed by atoms with Gasteiger partial charge >= 0.3 is 22.4 Å². The Kier molecular flexibility index (Phi) is 68.0. The molecular weight excluding hydrogens is 260 g/mol. The molecular formula is CHAg2O2. The summed E-state index contributed by atoms with van der Waals surface area (Å²) in [7, 11) is 0. The Morgan fingerprint density at radius 2 is 1.60 bits per heavy atom. The molecule has 0 aromatic carbocycles. The molecule has 0 rings (SSSR count). The molecule has 0 aliphatic rings. The first-order chi connectivity index (χ1) is 1.41. The van der Waals surface area contributed by atoms with Crippen molar-refractivity contribution < 1.29 is 54.7 Å². The van der Waals surface area contributed by atoms with Crippen LogP contribution in [0.1, 0.15) is 0 Å². The minimum atomic E-state index is 0. The molecule has 0 aromatic rings. The van der Waals surface area contributed by atoms with Gasteiger partial charge in [-0.25, -0.2) is 0 Å². The fourth-order valence-corrected chi connectivity index (χ4v) is 0. The van der Waals surface area contributed by atoms with E-state index in [1.807, 2.05) is 0 Å². The molecule has 0 aliphatic heterocycles. The van der Waals surface area contributed by atoms with E-state index in [4.69, 9.17) is 9.90 Å². The van der Waals surface area contributed by atoms with E-state index in [1.54, 1.807) is 0 Å². The average molecular weight is 261 g/mol. The van der Waals surface area contributed by atoms with Crippen molar-refractivity contribution in [3.8, 4) is 0 Å². The topological polar surface area (TPSA) is 37.3 Å². The molecule has 0 aromatic heterocycles. The van der Waals surface area contributed by atoms with Crippen LogP contribution in [0.5, 0.6) is 0 Å². The van der Waals surface area contributed by atoms with E-state index in [2.05, 4.69) is 0 Å². The number of hydrogen-bond acceptors (Lipinski definition) is 1. The van der Waals surface area contributed by atoms with Gasteiger partial charge in [-0.1, -0.05) is 6.47 Å². The summed E-state index contributed by atoms with van der Waals surface area (Å²) in [6.07, 6.45) is 0. The van der Waals surface area contributed by atoms with Crippen molar-refractivity contribution in [3.05, 3.63) is 0 Å². The predicted octanol–water partition coefficient (Wildman–Crippen LogP) is -0.393. The summed E-state index contributed by atoms with van der Waals surface area (Å²) in [5, 5.41) is 6.76. The molecule has 0 aliphatic carbocycles. The van der Waals surface area contributed by atoms with Gasteiger partial charge in [0.2, 0.25) is 0 Å². The molecule has 0 fully saturated rings. The van der Waals surface area contributed by atoms with Crippen molar-refractivity contribution in [2.45, 2.75) is 0 Å². The van der Waals surface area contributed by atoms with Crippen LogP contribution < -0.4 is 0 Å². The van der Waals surface area contributed by atoms with Crippen LogP contribution in [0.4, 0.5) is 0 Å². The fourth-order valence-electron chi connectivity index (χ4n) is 0. The largest absolute Gasteiger partial charge is 1.00 e. The van der Waals surface area contributed by atoms with Gasteiger partial charge in [0.1, 0.15) is 0 Å². The van der Waals surface area contributed by atoms with Crippen molar-refractivity contribution in [1.29, 1.82) is 0 Å². The van der Waals surface area contributed by atoms with Crippen molar-refractivity contribution >= 4 is 6.47 Å². The van der Waals surface area contributed by atoms with Gasteiger partial charge in [-0.3, -0.25) is 0 Å². The number of hydrogen-bond donors (Lipinski definition) is 1. The second-order valence-electron chi connectivity index (χ2n) is 0.0913. The molecule has 39 valence electrons. The molecule has 0 unspecified atom stereocenters. The summed E-state index contributed by atoms with van der Waals surface area (Å²) in [5.74, 6) is 0. The Morgan fingerprint density at radius 1 is 1.60 bits per heavy atom. The molecule has 0 atom stereocenters. The molecule has 5 heavy (non-hydrogen) atoms. The summed E-state index contributed by atoms with van der Waals surface area (Å²) in [6.45, 7) is 0.500. The van der Waals surface area contributed by atoms with E-state index in [0.29, 0.717) is 6.47 Å². The Labute approximate surface area is 61.0 Å². The summed E-state index contributed by atoms with van der Waals surface area (Å²) < 4.78 is 0. The van der Waals surface area contributed by atoms with Crippen LogP contribution in [0.3, 0.4) is 0 Å². The SMILES string of the molecule is O=[C-]O.[Ag+].[Ag]. The quantitative estimate of drug-likeness (QED) is 0.476. The molecule has 2 nitrogen and oxygen atoms in total. The van der Waals surface area contributed by atoms with Gasteiger partial charge in [0.05, 0.1) is 0 Å². The van der Waals surface area contributed by atoms with Gasteiger partial charge < -0.3 is 9.90 Å². The third-order valence-electron chi connectivity index (χ3n) is 0. The Hall–Kier alpha value is 0.951. The van der Waals surface area contributed by atoms with Gasteiger partial charge in [0, 0.05) is 22.4 Å². The molecule has 0 heterocycles. The van der Waals surface area contributed by atoms with Crippen LogP contribution in [0, 0.1) is 0 Å². The minimum Gasteiger partial charge on any atom is -0.665 e. The van der Waals surface area contributed by atoms with Crippen molar-refractivity contribution in [3.63, 3.8) is 0 Å². The Bertz CT molecular complexity index is 15.1. The minimum absolute atomic E-state index is 0. The van der Waals surface area contributed by atoms with Gasteiger partial charge in [0.15, 0.2) is 0 Å². The standard InChI is InChI=1S/CHO2.2Ag/c2-1-3;;/h(H,2,3);;/q-1;;+1. The van der Waals surface area contributed by atoms with Gasteiger partial charge in [-0.05, 0) is 0 Å². The van der Waals surface area contributed by atoms with E-state index in [0.717, 1.165) is 0 Å². The molecule has 4 heteroatoms. The van der Waals surface area contributed by atoms with E-state index in [1.165, 1.54) is 0 Å². The summed E-state index contributed by atoms with van der Waals surface area (Å²) >= 11 is 0. The zero-order chi connectivity index (χ0) is 2.71. The second kappa shape index (κ2) is 20.3. The zero-order valence-corrected chi connectivity index (χ0v) is 4.92. The normalized spacial score (nSPS) is 2.40. The van der Waals surface area contributed by atoms with Gasteiger partial charge in [-0.15, -0.1) is 0 Å². The fraction of sp³-hybridized carbons (Fsp3) is 0. The predicted molar refractivity (Wildman–Crippen MR) is 8.32 cm³/mol. The molecule has 1 N–H and O–H groups in total. The maximum absolute atomic E-state index is 8.24. The summed E-state index contributed by atoms with van der Waals surface area (Å²) in [5.41, 5.74) is 0. The molecule has 0 saturated heterocycles. The number of aliphatic hydroxyl groups excluding tert-OH is 1. The zero-order valence-electron chi connectivity index (χ0n) is 1.96. The van der Waals surface area contributed by atoms with Crippen LogP contribution in [-0.4, -0.2) is 11.6 Å². The average Bonchev–Trinajstić information content (AvgIpc) is 0.918. The molecule has 0 saturated carbocycles. The maximum atomic E-state index is 8.24. The summed E-state index contributed by atoms with van der Waals surface area (Å²) in [6, 6.07) is 0. The van der Waals surface area contributed by atoms with E-state index < -0.39 is 0 Å². The molecule has 1 radical (unpaired) electrons. The van der Waals surface area contributed by atoms with Crippen LogP contribution in [0.25, 0.3) is 0 Å². The summed E-state index contributed by atoms with van der Waals surface area (Å²) in [4.78, 5) is 8.24. The van der Waals surface area contributed by atoms with Crippen molar-refractivity contribution in [2.24, 2.45) is 0 Å². The second-order valence-corrected chi connectivity index (χ2v) is 0.0913. The molecule has 0 bridgehead atoms. The number of rotatable bonds is 0. The Balaban J connectivity index is -0.0000000200. The van der Waals surface area contributed by atoms with Crippen LogP contribution in [0.15, 0.2) is 0 Å². The Morgan fingerprint density at radius 3 is 1.60 bits per heavy atom. The van der Waals surface area contributed by atoms with Gasteiger partial charge in [-0.2, -0.15) is 0 Å².